The van der Waals surface area contributed by atoms with E-state index in [-0.39, 0.29) is 5.56 Å². The van der Waals surface area contributed by atoms with Gasteiger partial charge in [-0.15, -0.1) is 11.3 Å². The van der Waals surface area contributed by atoms with E-state index in [0.29, 0.717) is 12.0 Å². The van der Waals surface area contributed by atoms with Gasteiger partial charge in [-0.3, -0.25) is 0 Å². The molecule has 0 saturated heterocycles. The van der Waals surface area contributed by atoms with Crippen molar-refractivity contribution < 1.29 is 9.90 Å². The molecule has 0 aliphatic carbocycles. The monoisotopic (exact) mass is 480 g/mol. The Morgan fingerprint density at radius 2 is 1.94 bits per heavy atom. The van der Waals surface area contributed by atoms with E-state index in [4.69, 9.17) is 0 Å². The van der Waals surface area contributed by atoms with Crippen LogP contribution in [0.1, 0.15) is 21.5 Å². The minimum atomic E-state index is -0.946. The summed E-state index contributed by atoms with van der Waals surface area (Å²) < 4.78 is 4.54. The zero-order valence-corrected chi connectivity index (χ0v) is 19.7. The summed E-state index contributed by atoms with van der Waals surface area (Å²) in [7, 11) is 0. The highest BCUT2D eigenvalue weighted by Crippen LogP contribution is 2.31. The Morgan fingerprint density at radius 1 is 1.03 bits per heavy atom. The summed E-state index contributed by atoms with van der Waals surface area (Å²) >= 11 is 3.27. The van der Waals surface area contributed by atoms with Crippen LogP contribution < -0.4 is 4.72 Å². The van der Waals surface area contributed by atoms with E-state index < -0.39 is 5.97 Å². The summed E-state index contributed by atoms with van der Waals surface area (Å²) in [6.07, 6.45) is 2.33. The van der Waals surface area contributed by atoms with Crippen LogP contribution in [-0.4, -0.2) is 16.1 Å². The Kier molecular flexibility index (Phi) is 6.39. The molecule has 0 unspecified atom stereocenters. The Balaban J connectivity index is 1.41. The molecule has 0 bridgehead atoms. The van der Waals surface area contributed by atoms with Crippen LogP contribution in [0, 0.1) is 11.8 Å². The average Bonchev–Trinajstić information content (AvgIpc) is 3.54. The van der Waals surface area contributed by atoms with E-state index in [1.165, 1.54) is 4.21 Å². The molecule has 5 rings (SSSR count). The number of fused-ring (bicyclic) bond motifs is 1. The Morgan fingerprint density at radius 3 is 2.79 bits per heavy atom. The van der Waals surface area contributed by atoms with Gasteiger partial charge in [-0.2, -0.15) is 0 Å². The third-order valence-electron chi connectivity index (χ3n) is 5.36. The number of aromatic carboxylic acids is 1. The number of aromatic amines is 1. The maximum absolute atomic E-state index is 12.0. The van der Waals surface area contributed by atoms with Gasteiger partial charge in [0.2, 0.25) is 0 Å². The smallest absolute Gasteiger partial charge is 0.336 e. The second kappa shape index (κ2) is 9.92. The molecule has 3 aromatic carbocycles. The summed E-state index contributed by atoms with van der Waals surface area (Å²) in [6.45, 7) is 0. The van der Waals surface area contributed by atoms with Crippen molar-refractivity contribution in [3.05, 3.63) is 107 Å². The van der Waals surface area contributed by atoms with Crippen molar-refractivity contribution in [2.75, 3.05) is 4.72 Å². The molecule has 0 radical (unpaired) electrons. The predicted molar refractivity (Wildman–Crippen MR) is 142 cm³/mol. The SMILES string of the molecule is O=C(O)c1cccc(CC#Cc2cccc(NSc3cccs3)c2)c1-c1ccc2cc[nH]c2c1. The number of rotatable bonds is 6. The highest BCUT2D eigenvalue weighted by atomic mass is 32.2. The van der Waals surface area contributed by atoms with E-state index in [1.54, 1.807) is 35.4 Å². The summed E-state index contributed by atoms with van der Waals surface area (Å²) in [5, 5.41) is 13.0. The number of thiophene rings is 1. The number of benzene rings is 3. The molecule has 166 valence electrons. The number of anilines is 1. The largest absolute Gasteiger partial charge is 0.478 e. The third-order valence-corrected chi connectivity index (χ3v) is 7.24. The second-order valence-corrected chi connectivity index (χ2v) is 9.67. The first-order chi connectivity index (χ1) is 16.7. The molecule has 4 nitrogen and oxygen atoms in total. The number of hydrogen-bond acceptors (Lipinski definition) is 4. The number of carboxylic acids is 1. The van der Waals surface area contributed by atoms with Gasteiger partial charge in [0.05, 0.1) is 9.77 Å². The number of carboxylic acid groups (broad SMARTS) is 1. The Bertz CT molecular complexity index is 1530. The van der Waals surface area contributed by atoms with Gasteiger partial charge in [0.15, 0.2) is 0 Å². The summed E-state index contributed by atoms with van der Waals surface area (Å²) in [6, 6.07) is 25.4. The standard InChI is InChI=1S/C28H20N2O2S2/c31-28(32)24-10-3-8-21(27(24)22-13-12-20-14-15-29-25(20)18-22)7-1-5-19-6-2-9-23(17-19)30-34-26-11-4-16-33-26/h2-4,6,8-18,29-30H,7H2,(H,31,32). The van der Waals surface area contributed by atoms with Gasteiger partial charge in [0, 0.05) is 34.9 Å². The van der Waals surface area contributed by atoms with Crippen LogP contribution in [0.25, 0.3) is 22.0 Å². The van der Waals surface area contributed by atoms with Crippen LogP contribution in [0.4, 0.5) is 5.69 Å². The number of carbonyl (C=O) groups is 1. The lowest BCUT2D eigenvalue weighted by molar-refractivity contribution is 0.0697. The van der Waals surface area contributed by atoms with E-state index >= 15 is 0 Å². The van der Waals surface area contributed by atoms with Gasteiger partial charge < -0.3 is 14.8 Å². The highest BCUT2D eigenvalue weighted by molar-refractivity contribution is 8.02. The van der Waals surface area contributed by atoms with Gasteiger partial charge >= 0.3 is 5.97 Å². The molecule has 2 heterocycles. The lowest BCUT2D eigenvalue weighted by Gasteiger charge is -2.12. The van der Waals surface area contributed by atoms with Crippen molar-refractivity contribution in [3.63, 3.8) is 0 Å². The van der Waals surface area contributed by atoms with Gasteiger partial charge in [0.1, 0.15) is 0 Å². The van der Waals surface area contributed by atoms with E-state index in [0.717, 1.165) is 33.3 Å². The quantitative estimate of drug-likeness (QED) is 0.176. The lowest BCUT2D eigenvalue weighted by Crippen LogP contribution is -2.02. The number of H-pyrrole nitrogens is 1. The Labute approximate surface area is 205 Å². The zero-order chi connectivity index (χ0) is 23.3. The molecule has 0 amide bonds. The molecule has 34 heavy (non-hydrogen) atoms. The molecular weight excluding hydrogens is 460 g/mol. The van der Waals surface area contributed by atoms with Crippen LogP contribution in [-0.2, 0) is 6.42 Å². The van der Waals surface area contributed by atoms with E-state index in [9.17, 15) is 9.90 Å². The average molecular weight is 481 g/mol. The third kappa shape index (κ3) is 4.86. The molecule has 0 spiro atoms. The van der Waals surface area contributed by atoms with Crippen LogP contribution in [0.5, 0.6) is 0 Å². The molecule has 0 saturated carbocycles. The fourth-order valence-electron chi connectivity index (χ4n) is 3.80. The number of hydrogen-bond donors (Lipinski definition) is 3. The molecule has 6 heteroatoms. The van der Waals surface area contributed by atoms with Crippen molar-refractivity contribution in [2.45, 2.75) is 10.6 Å². The van der Waals surface area contributed by atoms with Crippen molar-refractivity contribution in [1.29, 1.82) is 0 Å². The first-order valence-electron chi connectivity index (χ1n) is 10.7. The molecule has 0 fully saturated rings. The van der Waals surface area contributed by atoms with E-state index in [2.05, 4.69) is 33.0 Å². The van der Waals surface area contributed by atoms with Crippen molar-refractivity contribution in [1.82, 2.24) is 4.98 Å². The second-order valence-electron chi connectivity index (χ2n) is 7.62. The summed E-state index contributed by atoms with van der Waals surface area (Å²) in [4.78, 5) is 15.2. The first kappa shape index (κ1) is 21.9. The fraction of sp³-hybridized carbons (Fsp3) is 0.0357. The van der Waals surface area contributed by atoms with Crippen molar-refractivity contribution in [3.8, 4) is 23.0 Å². The normalized spacial score (nSPS) is 10.6. The Hall–Kier alpha value is -3.92. The molecular formula is C28H20N2O2S2. The van der Waals surface area contributed by atoms with Crippen molar-refractivity contribution >= 4 is 45.8 Å². The van der Waals surface area contributed by atoms with Gasteiger partial charge in [-0.25, -0.2) is 4.79 Å². The maximum Gasteiger partial charge on any atom is 0.336 e. The van der Waals surface area contributed by atoms with Gasteiger partial charge in [-0.1, -0.05) is 48.2 Å². The minimum Gasteiger partial charge on any atom is -0.478 e. The molecule has 3 N–H and O–H groups in total. The lowest BCUT2D eigenvalue weighted by atomic mass is 9.92. The predicted octanol–water partition coefficient (Wildman–Crippen LogP) is 7.31. The van der Waals surface area contributed by atoms with Crippen LogP contribution in [0.3, 0.4) is 0 Å². The first-order valence-corrected chi connectivity index (χ1v) is 12.3. The number of aromatic nitrogens is 1. The molecule has 0 atom stereocenters. The summed E-state index contributed by atoms with van der Waals surface area (Å²) in [5.41, 5.74) is 5.60. The molecule has 2 aromatic heterocycles. The van der Waals surface area contributed by atoms with E-state index in [1.807, 2.05) is 66.9 Å². The minimum absolute atomic E-state index is 0.280. The topological polar surface area (TPSA) is 65.1 Å². The number of nitrogens with one attached hydrogen (secondary N) is 2. The van der Waals surface area contributed by atoms with Gasteiger partial charge in [-0.05, 0) is 76.3 Å². The van der Waals surface area contributed by atoms with Crippen LogP contribution >= 0.6 is 23.3 Å². The van der Waals surface area contributed by atoms with Crippen molar-refractivity contribution in [2.24, 2.45) is 0 Å². The highest BCUT2D eigenvalue weighted by Gasteiger charge is 2.16. The zero-order valence-electron chi connectivity index (χ0n) is 18.0. The van der Waals surface area contributed by atoms with Crippen LogP contribution in [0.15, 0.2) is 94.6 Å². The maximum atomic E-state index is 12.0. The molecule has 5 aromatic rings. The molecule has 0 aliphatic rings. The molecule has 0 aliphatic heterocycles. The summed E-state index contributed by atoms with van der Waals surface area (Å²) in [5.74, 6) is 5.52. The van der Waals surface area contributed by atoms with Crippen LogP contribution in [0.2, 0.25) is 0 Å². The fourth-order valence-corrected chi connectivity index (χ4v) is 5.23. The van der Waals surface area contributed by atoms with Gasteiger partial charge in [0.25, 0.3) is 0 Å².